The highest BCUT2D eigenvalue weighted by atomic mass is 32.1. The quantitative estimate of drug-likeness (QED) is 0.208. The second-order valence-electron chi connectivity index (χ2n) is 11.0. The predicted octanol–water partition coefficient (Wildman–Crippen LogP) is 11.0. The molecule has 0 N–H and O–H groups in total. The van der Waals surface area contributed by atoms with Crippen LogP contribution >= 0.6 is 11.3 Å². The maximum absolute atomic E-state index is 6.31. The van der Waals surface area contributed by atoms with E-state index in [4.69, 9.17) is 14.4 Å². The molecule has 9 aromatic rings. The van der Waals surface area contributed by atoms with Crippen molar-refractivity contribution in [3.63, 3.8) is 0 Å². The van der Waals surface area contributed by atoms with E-state index in [1.54, 1.807) is 11.3 Å². The van der Waals surface area contributed by atoms with E-state index < -0.39 is 0 Å². The van der Waals surface area contributed by atoms with E-state index in [2.05, 4.69) is 114 Å². The van der Waals surface area contributed by atoms with Gasteiger partial charge in [0, 0.05) is 37.4 Å². The largest absolute Gasteiger partial charge is 0.456 e. The van der Waals surface area contributed by atoms with Crippen molar-refractivity contribution in [1.29, 1.82) is 0 Å². The lowest BCUT2D eigenvalue weighted by Gasteiger charge is -2.32. The molecule has 4 heterocycles. The summed E-state index contributed by atoms with van der Waals surface area (Å²) < 4.78 is 8.58. The minimum atomic E-state index is 0.658. The van der Waals surface area contributed by atoms with Gasteiger partial charge in [0.2, 0.25) is 5.95 Å². The minimum Gasteiger partial charge on any atom is -0.456 e. The van der Waals surface area contributed by atoms with Crippen LogP contribution in [0.5, 0.6) is 0 Å². The van der Waals surface area contributed by atoms with E-state index in [-0.39, 0.29) is 0 Å². The first-order valence-corrected chi connectivity index (χ1v) is 15.2. The first kappa shape index (κ1) is 23.1. The van der Waals surface area contributed by atoms with Crippen molar-refractivity contribution >= 4 is 81.7 Å². The number of benzene rings is 6. The van der Waals surface area contributed by atoms with Crippen molar-refractivity contribution < 1.29 is 4.42 Å². The molecule has 200 valence electrons. The van der Waals surface area contributed by atoms with E-state index >= 15 is 0 Å². The van der Waals surface area contributed by atoms with Crippen LogP contribution in [-0.2, 0) is 0 Å². The Balaban J connectivity index is 1.36. The van der Waals surface area contributed by atoms with Gasteiger partial charge >= 0.3 is 0 Å². The fourth-order valence-electron chi connectivity index (χ4n) is 6.81. The van der Waals surface area contributed by atoms with Crippen molar-refractivity contribution in [2.45, 2.75) is 0 Å². The smallest absolute Gasteiger partial charge is 0.235 e. The van der Waals surface area contributed by atoms with Gasteiger partial charge in [-0.2, -0.15) is 0 Å². The second-order valence-corrected chi connectivity index (χ2v) is 12.0. The molecule has 0 fully saturated rings. The van der Waals surface area contributed by atoms with Gasteiger partial charge in [0.1, 0.15) is 11.2 Å². The lowest BCUT2D eigenvalue weighted by atomic mass is 9.91. The summed E-state index contributed by atoms with van der Waals surface area (Å²) in [7, 11) is 0. The number of nitrogens with zero attached hydrogens (tertiary/aromatic N) is 3. The number of rotatable bonds is 2. The van der Waals surface area contributed by atoms with Crippen molar-refractivity contribution in [2.24, 2.45) is 0 Å². The third-order valence-corrected chi connectivity index (χ3v) is 9.79. The molecule has 3 aromatic heterocycles. The number of hydrogen-bond acceptors (Lipinski definition) is 5. The Morgan fingerprint density at radius 2 is 1.23 bits per heavy atom. The summed E-state index contributed by atoms with van der Waals surface area (Å²) in [6.07, 6.45) is 0. The Morgan fingerprint density at radius 1 is 0.535 bits per heavy atom. The van der Waals surface area contributed by atoms with Gasteiger partial charge in [-0.1, -0.05) is 97.1 Å². The molecule has 1 aliphatic heterocycles. The van der Waals surface area contributed by atoms with Gasteiger partial charge in [-0.25, -0.2) is 9.97 Å². The molecule has 1 aliphatic rings. The average molecular weight is 568 g/mol. The molecule has 10 rings (SSSR count). The highest BCUT2D eigenvalue weighted by Gasteiger charge is 2.29. The van der Waals surface area contributed by atoms with Crippen molar-refractivity contribution in [3.05, 3.63) is 127 Å². The van der Waals surface area contributed by atoms with Gasteiger partial charge < -0.3 is 4.42 Å². The number of para-hydroxylation sites is 2. The van der Waals surface area contributed by atoms with E-state index in [0.29, 0.717) is 5.95 Å². The van der Waals surface area contributed by atoms with Gasteiger partial charge in [-0.05, 0) is 41.3 Å². The zero-order valence-electron chi connectivity index (χ0n) is 22.8. The molecule has 0 bridgehead atoms. The van der Waals surface area contributed by atoms with Gasteiger partial charge in [-0.15, -0.1) is 11.3 Å². The number of aromatic nitrogens is 2. The lowest BCUT2D eigenvalue weighted by Crippen LogP contribution is -2.17. The first-order chi connectivity index (χ1) is 21.3. The molecule has 4 nitrogen and oxygen atoms in total. The van der Waals surface area contributed by atoms with Crippen LogP contribution < -0.4 is 4.90 Å². The Kier molecular flexibility index (Phi) is 4.57. The van der Waals surface area contributed by atoms with Crippen LogP contribution in [0.4, 0.5) is 17.3 Å². The molecule has 6 aromatic carbocycles. The summed E-state index contributed by atoms with van der Waals surface area (Å²) in [5.74, 6) is 0.658. The molecule has 0 saturated heterocycles. The summed E-state index contributed by atoms with van der Waals surface area (Å²) in [5.41, 5.74) is 9.23. The molecule has 43 heavy (non-hydrogen) atoms. The van der Waals surface area contributed by atoms with Gasteiger partial charge in [0.25, 0.3) is 0 Å². The van der Waals surface area contributed by atoms with Crippen LogP contribution in [0.15, 0.2) is 132 Å². The molecule has 0 unspecified atom stereocenters. The van der Waals surface area contributed by atoms with Crippen LogP contribution in [0.2, 0.25) is 0 Å². The Bertz CT molecular complexity index is 2590. The van der Waals surface area contributed by atoms with Crippen LogP contribution in [0.1, 0.15) is 0 Å². The molecular formula is C38H21N3OS. The fraction of sp³-hybridized carbons (Fsp3) is 0. The summed E-state index contributed by atoms with van der Waals surface area (Å²) in [4.78, 5) is 13.1. The summed E-state index contributed by atoms with van der Waals surface area (Å²) in [6, 6.07) is 44.7. The molecule has 0 radical (unpaired) electrons. The first-order valence-electron chi connectivity index (χ1n) is 14.3. The molecule has 0 amide bonds. The maximum Gasteiger partial charge on any atom is 0.235 e. The molecule has 0 atom stereocenters. The van der Waals surface area contributed by atoms with Crippen molar-refractivity contribution in [1.82, 2.24) is 9.97 Å². The number of fused-ring (bicyclic) bond motifs is 8. The molecule has 5 heteroatoms. The van der Waals surface area contributed by atoms with Gasteiger partial charge in [-0.3, -0.25) is 4.90 Å². The topological polar surface area (TPSA) is 42.2 Å². The molecule has 0 aliphatic carbocycles. The number of thiophene rings is 1. The Labute approximate surface area is 250 Å². The summed E-state index contributed by atoms with van der Waals surface area (Å²) >= 11 is 1.75. The van der Waals surface area contributed by atoms with Crippen molar-refractivity contribution in [3.8, 4) is 22.4 Å². The normalized spacial score (nSPS) is 12.6. The fourth-order valence-corrected chi connectivity index (χ4v) is 7.95. The highest BCUT2D eigenvalue weighted by molar-refractivity contribution is 7.26. The average Bonchev–Trinajstić information content (AvgIpc) is 3.63. The number of furan rings is 1. The third kappa shape index (κ3) is 3.14. The van der Waals surface area contributed by atoms with Gasteiger partial charge in [0.05, 0.1) is 27.3 Å². The second kappa shape index (κ2) is 8.51. The lowest BCUT2D eigenvalue weighted by molar-refractivity contribution is 0.669. The summed E-state index contributed by atoms with van der Waals surface area (Å²) in [5, 5.41) is 5.72. The van der Waals surface area contributed by atoms with E-state index in [1.165, 1.54) is 26.6 Å². The maximum atomic E-state index is 6.31. The number of hydrogen-bond donors (Lipinski definition) is 0. The Morgan fingerprint density at radius 3 is 2.19 bits per heavy atom. The van der Waals surface area contributed by atoms with Crippen LogP contribution in [-0.4, -0.2) is 9.97 Å². The van der Waals surface area contributed by atoms with E-state index in [0.717, 1.165) is 60.2 Å². The highest BCUT2D eigenvalue weighted by Crippen LogP contribution is 2.51. The minimum absolute atomic E-state index is 0.658. The predicted molar refractivity (Wildman–Crippen MR) is 179 cm³/mol. The number of anilines is 3. The van der Waals surface area contributed by atoms with Crippen LogP contribution in [0.3, 0.4) is 0 Å². The molecular weight excluding hydrogens is 547 g/mol. The SMILES string of the molecule is c1ccc2c(c1)-c1cccc3cccc(c13)N2c1nc(-c2cccc3oc4ccccc4c23)c2sc3ccccc3c2n1. The van der Waals surface area contributed by atoms with Gasteiger partial charge in [0.15, 0.2) is 0 Å². The zero-order valence-corrected chi connectivity index (χ0v) is 23.6. The van der Waals surface area contributed by atoms with Crippen LogP contribution in [0.25, 0.3) is 75.4 Å². The molecule has 0 saturated carbocycles. The van der Waals surface area contributed by atoms with Crippen LogP contribution in [0, 0.1) is 0 Å². The monoisotopic (exact) mass is 567 g/mol. The zero-order chi connectivity index (χ0) is 28.1. The summed E-state index contributed by atoms with van der Waals surface area (Å²) in [6.45, 7) is 0. The van der Waals surface area contributed by atoms with E-state index in [1.807, 2.05) is 18.2 Å². The van der Waals surface area contributed by atoms with E-state index in [9.17, 15) is 0 Å². The standard InChI is InChI=1S/C38H21N3OS/c1-4-17-28-23(12-1)24-15-7-10-22-11-8-18-29(33(22)24)41(28)38-39-35-26-14-3-6-21-32(26)43-37(35)36(40-38)27-16-9-20-31-34(27)25-13-2-5-19-30(25)42-31/h1-21H. The van der Waals surface area contributed by atoms with Crippen molar-refractivity contribution in [2.75, 3.05) is 4.90 Å². The third-order valence-electron chi connectivity index (χ3n) is 8.62. The molecule has 0 spiro atoms. The Hall–Kier alpha value is -5.52.